The molecule has 1 amide bonds. The summed E-state index contributed by atoms with van der Waals surface area (Å²) in [6.45, 7) is 0. The van der Waals surface area contributed by atoms with E-state index in [0.29, 0.717) is 22.8 Å². The van der Waals surface area contributed by atoms with Crippen LogP contribution in [-0.2, 0) is 12.8 Å². The van der Waals surface area contributed by atoms with E-state index in [1.165, 1.54) is 16.4 Å². The summed E-state index contributed by atoms with van der Waals surface area (Å²) in [5.74, 6) is 0.921. The van der Waals surface area contributed by atoms with E-state index in [-0.39, 0.29) is 17.4 Å². The number of nitrogens with zero attached hydrogens (tertiary/aromatic N) is 3. The van der Waals surface area contributed by atoms with Gasteiger partial charge in [0.05, 0.1) is 17.5 Å². The molecule has 0 saturated heterocycles. The van der Waals surface area contributed by atoms with E-state index in [4.69, 9.17) is 4.42 Å². The average molecular weight is 448 g/mol. The minimum Gasteiger partial charge on any atom is -0.463 e. The van der Waals surface area contributed by atoms with Crippen molar-refractivity contribution in [2.24, 2.45) is 0 Å². The van der Waals surface area contributed by atoms with Crippen LogP contribution in [0.15, 0.2) is 62.8 Å². The quantitative estimate of drug-likeness (QED) is 0.447. The number of hydrogen-bond donors (Lipinski definition) is 2. The Bertz CT molecular complexity index is 1340. The molecule has 1 aromatic carbocycles. The summed E-state index contributed by atoms with van der Waals surface area (Å²) >= 11 is 1.50. The molecule has 4 aromatic rings. The number of aryl methyl sites for hydroxylation is 1. The molecule has 1 aliphatic carbocycles. The number of benzene rings is 1. The Morgan fingerprint density at radius 3 is 2.84 bits per heavy atom. The minimum absolute atomic E-state index is 0.162. The third-order valence-corrected chi connectivity index (χ3v) is 6.25. The molecule has 0 fully saturated rings. The van der Waals surface area contributed by atoms with Crippen molar-refractivity contribution in [3.8, 4) is 17.4 Å². The summed E-state index contributed by atoms with van der Waals surface area (Å²) in [5, 5.41) is 7.50. The number of aromatic nitrogens is 4. The van der Waals surface area contributed by atoms with Crippen LogP contribution in [0, 0.1) is 0 Å². The van der Waals surface area contributed by atoms with Crippen LogP contribution in [0.1, 0.15) is 34.5 Å². The Morgan fingerprint density at radius 2 is 2.03 bits per heavy atom. The zero-order valence-corrected chi connectivity index (χ0v) is 18.2. The van der Waals surface area contributed by atoms with Crippen molar-refractivity contribution in [2.45, 2.75) is 30.6 Å². The van der Waals surface area contributed by atoms with Crippen LogP contribution in [0.4, 0.5) is 5.82 Å². The maximum atomic E-state index is 13.1. The lowest BCUT2D eigenvalue weighted by Crippen LogP contribution is -2.24. The Kier molecular flexibility index (Phi) is 5.40. The van der Waals surface area contributed by atoms with E-state index < -0.39 is 0 Å². The summed E-state index contributed by atoms with van der Waals surface area (Å²) in [6, 6.07) is 12.6. The van der Waals surface area contributed by atoms with E-state index in [9.17, 15) is 9.59 Å². The van der Waals surface area contributed by atoms with Crippen LogP contribution in [-0.4, -0.2) is 31.9 Å². The molecule has 0 spiro atoms. The van der Waals surface area contributed by atoms with Gasteiger partial charge in [0.15, 0.2) is 5.76 Å². The monoisotopic (exact) mass is 447 g/mol. The summed E-state index contributed by atoms with van der Waals surface area (Å²) in [6.07, 6.45) is 6.94. The lowest BCUT2D eigenvalue weighted by atomic mass is 9.97. The number of fused-ring (bicyclic) bond motifs is 1. The predicted octanol–water partition coefficient (Wildman–Crippen LogP) is 4.07. The van der Waals surface area contributed by atoms with Crippen molar-refractivity contribution >= 4 is 23.5 Å². The van der Waals surface area contributed by atoms with Gasteiger partial charge in [-0.1, -0.05) is 12.1 Å². The Hall–Kier alpha value is -3.59. The molecule has 0 unspecified atom stereocenters. The van der Waals surface area contributed by atoms with Crippen LogP contribution in [0.5, 0.6) is 0 Å². The second kappa shape index (κ2) is 8.51. The normalized spacial score (nSPS) is 13.0. The predicted molar refractivity (Wildman–Crippen MR) is 122 cm³/mol. The maximum Gasteiger partial charge on any atom is 0.257 e. The minimum atomic E-state index is -0.276. The second-order valence-corrected chi connectivity index (χ2v) is 8.33. The molecule has 162 valence electrons. The summed E-state index contributed by atoms with van der Waals surface area (Å²) in [5.41, 5.74) is 2.43. The van der Waals surface area contributed by atoms with Crippen LogP contribution < -0.4 is 10.9 Å². The van der Waals surface area contributed by atoms with Gasteiger partial charge in [-0.25, -0.2) is 4.98 Å². The average Bonchev–Trinajstić information content (AvgIpc) is 3.49. The van der Waals surface area contributed by atoms with Gasteiger partial charge in [-0.2, -0.15) is 9.78 Å². The van der Waals surface area contributed by atoms with Crippen molar-refractivity contribution in [1.29, 1.82) is 0 Å². The standard InChI is InChI=1S/C23H21N5O3S/c1-32-19-11-5-3-8-15(19)22(30)25-20-13-17(18-10-6-12-31-18)27-28(20)23-24-16-9-4-2-7-14(16)21(29)26-23/h3,5-6,8,10-13H,2,4,7,9H2,1H3,(H,25,30)(H,24,26,29). The lowest BCUT2D eigenvalue weighted by molar-refractivity contribution is 0.102. The molecule has 3 aromatic heterocycles. The molecular formula is C23H21N5O3S. The number of nitrogens with one attached hydrogen (secondary N) is 2. The van der Waals surface area contributed by atoms with Gasteiger partial charge < -0.3 is 9.73 Å². The molecule has 8 nitrogen and oxygen atoms in total. The molecule has 0 bridgehead atoms. The molecule has 5 rings (SSSR count). The van der Waals surface area contributed by atoms with E-state index >= 15 is 0 Å². The topological polar surface area (TPSA) is 106 Å². The first-order valence-electron chi connectivity index (χ1n) is 10.3. The second-order valence-electron chi connectivity index (χ2n) is 7.48. The van der Waals surface area contributed by atoms with Gasteiger partial charge in [0.25, 0.3) is 11.5 Å². The number of carbonyl (C=O) groups is 1. The fraction of sp³-hybridized carbons (Fsp3) is 0.217. The molecule has 1 aliphatic rings. The zero-order valence-electron chi connectivity index (χ0n) is 17.4. The van der Waals surface area contributed by atoms with Gasteiger partial charge in [-0.15, -0.1) is 11.8 Å². The fourth-order valence-corrected chi connectivity index (χ4v) is 4.48. The van der Waals surface area contributed by atoms with Crippen molar-refractivity contribution < 1.29 is 9.21 Å². The van der Waals surface area contributed by atoms with Gasteiger partial charge in [0.1, 0.15) is 11.5 Å². The van der Waals surface area contributed by atoms with Crippen molar-refractivity contribution in [3.63, 3.8) is 0 Å². The molecular weight excluding hydrogens is 426 g/mol. The van der Waals surface area contributed by atoms with E-state index in [1.54, 1.807) is 30.5 Å². The molecule has 32 heavy (non-hydrogen) atoms. The van der Waals surface area contributed by atoms with Gasteiger partial charge >= 0.3 is 0 Å². The highest BCUT2D eigenvalue weighted by Crippen LogP contribution is 2.26. The highest BCUT2D eigenvalue weighted by Gasteiger charge is 2.21. The number of furan rings is 1. The fourth-order valence-electron chi connectivity index (χ4n) is 3.88. The van der Waals surface area contributed by atoms with Crippen molar-refractivity contribution in [3.05, 3.63) is 75.9 Å². The first-order chi connectivity index (χ1) is 15.6. The van der Waals surface area contributed by atoms with Crippen LogP contribution >= 0.6 is 11.8 Å². The van der Waals surface area contributed by atoms with Gasteiger partial charge in [-0.3, -0.25) is 14.6 Å². The largest absolute Gasteiger partial charge is 0.463 e. The van der Waals surface area contributed by atoms with E-state index in [2.05, 4.69) is 20.4 Å². The molecule has 2 N–H and O–H groups in total. The molecule has 9 heteroatoms. The van der Waals surface area contributed by atoms with E-state index in [1.807, 2.05) is 24.5 Å². The highest BCUT2D eigenvalue weighted by atomic mass is 32.2. The molecule has 0 saturated carbocycles. The number of thioether (sulfide) groups is 1. The number of H-pyrrole nitrogens is 1. The Balaban J connectivity index is 1.59. The third-order valence-electron chi connectivity index (χ3n) is 5.46. The number of hydrogen-bond acceptors (Lipinski definition) is 6. The first-order valence-corrected chi connectivity index (χ1v) is 11.6. The van der Waals surface area contributed by atoms with Crippen LogP contribution in [0.25, 0.3) is 17.4 Å². The van der Waals surface area contributed by atoms with Crippen molar-refractivity contribution in [2.75, 3.05) is 11.6 Å². The van der Waals surface area contributed by atoms with Crippen molar-refractivity contribution in [1.82, 2.24) is 19.7 Å². The Morgan fingerprint density at radius 1 is 1.19 bits per heavy atom. The summed E-state index contributed by atoms with van der Waals surface area (Å²) in [7, 11) is 0. The molecule has 3 heterocycles. The summed E-state index contributed by atoms with van der Waals surface area (Å²) < 4.78 is 6.93. The zero-order chi connectivity index (χ0) is 22.1. The Labute approximate surface area is 188 Å². The third kappa shape index (κ3) is 3.75. The van der Waals surface area contributed by atoms with Crippen LogP contribution in [0.3, 0.4) is 0 Å². The SMILES string of the molecule is CSc1ccccc1C(=O)Nc1cc(-c2ccco2)nn1-c1nc2c(c(=O)[nH]1)CCCC2. The smallest absolute Gasteiger partial charge is 0.257 e. The first kappa shape index (κ1) is 20.3. The number of rotatable bonds is 5. The van der Waals surface area contributed by atoms with E-state index in [0.717, 1.165) is 41.8 Å². The molecule has 0 atom stereocenters. The van der Waals surface area contributed by atoms with Gasteiger partial charge in [0, 0.05) is 16.5 Å². The highest BCUT2D eigenvalue weighted by molar-refractivity contribution is 7.98. The maximum absolute atomic E-state index is 13.1. The van der Waals surface area contributed by atoms with Crippen LogP contribution in [0.2, 0.25) is 0 Å². The lowest BCUT2D eigenvalue weighted by Gasteiger charge is -2.15. The van der Waals surface area contributed by atoms with Gasteiger partial charge in [0.2, 0.25) is 5.95 Å². The number of amides is 1. The van der Waals surface area contributed by atoms with Gasteiger partial charge in [-0.05, 0) is 56.2 Å². The molecule has 0 radical (unpaired) electrons. The number of carbonyl (C=O) groups excluding carboxylic acids is 1. The number of anilines is 1. The molecule has 0 aliphatic heterocycles. The number of aromatic amines is 1. The summed E-state index contributed by atoms with van der Waals surface area (Å²) in [4.78, 5) is 34.1.